The van der Waals surface area contributed by atoms with Crippen LogP contribution in [0.5, 0.6) is 0 Å². The highest BCUT2D eigenvalue weighted by molar-refractivity contribution is 5.84. The largest absolute Gasteiger partial charge is 0.367 e. The molecule has 0 radical (unpaired) electrons. The van der Waals surface area contributed by atoms with E-state index in [1.54, 1.807) is 0 Å². The highest BCUT2D eigenvalue weighted by Gasteiger charge is 2.41. The zero-order valence-corrected chi connectivity index (χ0v) is 11.0. The summed E-state index contributed by atoms with van der Waals surface area (Å²) in [7, 11) is 0. The molecule has 1 aliphatic heterocycles. The number of rotatable bonds is 1. The Balaban J connectivity index is 1.90. The molecular weight excluding hydrogens is 222 g/mol. The van der Waals surface area contributed by atoms with Gasteiger partial charge in [-0.15, -0.1) is 0 Å². The van der Waals surface area contributed by atoms with E-state index in [1.807, 2.05) is 0 Å². The van der Waals surface area contributed by atoms with Crippen LogP contribution in [0.25, 0.3) is 0 Å². The fourth-order valence-electron chi connectivity index (χ4n) is 3.77. The van der Waals surface area contributed by atoms with Crippen molar-refractivity contribution in [3.63, 3.8) is 0 Å². The number of hydrogen-bond acceptors (Lipinski definition) is 2. The number of carbonyl (C=O) groups is 1. The Bertz CT molecular complexity index is 428. The van der Waals surface area contributed by atoms with Crippen LogP contribution in [0.4, 0.5) is 5.69 Å². The highest BCUT2D eigenvalue weighted by atomic mass is 16.1. The van der Waals surface area contributed by atoms with Gasteiger partial charge in [0.15, 0.2) is 0 Å². The molecule has 2 heteroatoms. The molecule has 0 spiro atoms. The first-order chi connectivity index (χ1) is 8.77. The lowest BCUT2D eigenvalue weighted by atomic mass is 9.71. The van der Waals surface area contributed by atoms with Crippen molar-refractivity contribution in [3.8, 4) is 0 Å². The number of ketones is 1. The Morgan fingerprint density at radius 3 is 2.72 bits per heavy atom. The predicted molar refractivity (Wildman–Crippen MR) is 73.7 cm³/mol. The number of para-hydroxylation sites is 1. The van der Waals surface area contributed by atoms with Crippen LogP contribution in [0.1, 0.15) is 32.6 Å². The van der Waals surface area contributed by atoms with Gasteiger partial charge in [0.05, 0.1) is 0 Å². The molecule has 3 rings (SSSR count). The van der Waals surface area contributed by atoms with E-state index in [1.165, 1.54) is 24.9 Å². The first kappa shape index (κ1) is 11.8. The van der Waals surface area contributed by atoms with Gasteiger partial charge in [-0.3, -0.25) is 4.79 Å². The Labute approximate surface area is 109 Å². The van der Waals surface area contributed by atoms with Gasteiger partial charge in [-0.1, -0.05) is 31.5 Å². The quantitative estimate of drug-likeness (QED) is 0.754. The number of Topliss-reactive ketones (excluding diaryl/α,β-unsaturated/α-hetero) is 1. The summed E-state index contributed by atoms with van der Waals surface area (Å²) in [6.45, 7) is 3.15. The standard InChI is InChI=1S/C16H21NO/c1-12-6-5-9-14-16(12)15(18)10-11-17(14)13-7-3-2-4-8-13/h2-4,7-8,12,14,16H,5-6,9-11H2,1H3/t12-,14-,16+/m1/s1. The molecule has 2 nitrogen and oxygen atoms in total. The van der Waals surface area contributed by atoms with Crippen LogP contribution in [0.3, 0.4) is 0 Å². The van der Waals surface area contributed by atoms with Crippen molar-refractivity contribution >= 4 is 11.5 Å². The van der Waals surface area contributed by atoms with Gasteiger partial charge in [-0.2, -0.15) is 0 Å². The molecule has 96 valence electrons. The average Bonchev–Trinajstić information content (AvgIpc) is 2.40. The highest BCUT2D eigenvalue weighted by Crippen LogP contribution is 2.39. The molecule has 1 aromatic rings. The fourth-order valence-corrected chi connectivity index (χ4v) is 3.77. The summed E-state index contributed by atoms with van der Waals surface area (Å²) in [6.07, 6.45) is 4.38. The first-order valence-corrected chi connectivity index (χ1v) is 7.12. The van der Waals surface area contributed by atoms with Crippen molar-refractivity contribution in [3.05, 3.63) is 30.3 Å². The summed E-state index contributed by atoms with van der Waals surface area (Å²) in [5.41, 5.74) is 1.29. The minimum atomic E-state index is 0.271. The van der Waals surface area contributed by atoms with Crippen molar-refractivity contribution in [1.82, 2.24) is 0 Å². The second-order valence-electron chi connectivity index (χ2n) is 5.75. The van der Waals surface area contributed by atoms with Crippen molar-refractivity contribution < 1.29 is 4.79 Å². The zero-order valence-electron chi connectivity index (χ0n) is 11.0. The third-order valence-electron chi connectivity index (χ3n) is 4.65. The number of hydrogen-bond donors (Lipinski definition) is 0. The van der Waals surface area contributed by atoms with Crippen molar-refractivity contribution in [2.24, 2.45) is 11.8 Å². The summed E-state index contributed by atoms with van der Waals surface area (Å²) < 4.78 is 0. The number of piperidine rings is 1. The van der Waals surface area contributed by atoms with E-state index in [0.717, 1.165) is 13.0 Å². The Kier molecular flexibility index (Phi) is 3.11. The van der Waals surface area contributed by atoms with Crippen molar-refractivity contribution in [2.45, 2.75) is 38.6 Å². The van der Waals surface area contributed by atoms with Gasteiger partial charge in [0.1, 0.15) is 5.78 Å². The van der Waals surface area contributed by atoms with Crippen LogP contribution in [-0.2, 0) is 4.79 Å². The molecule has 2 aliphatic rings. The summed E-state index contributed by atoms with van der Waals surface area (Å²) in [4.78, 5) is 14.7. The molecule has 0 bridgehead atoms. The van der Waals surface area contributed by atoms with Gasteiger partial charge in [0.25, 0.3) is 0 Å². The molecule has 0 amide bonds. The number of nitrogens with zero attached hydrogens (tertiary/aromatic N) is 1. The van der Waals surface area contributed by atoms with Gasteiger partial charge < -0.3 is 4.90 Å². The van der Waals surface area contributed by atoms with E-state index < -0.39 is 0 Å². The molecule has 3 atom stereocenters. The maximum absolute atomic E-state index is 12.2. The SMILES string of the molecule is C[C@@H]1CCC[C@@H]2[C@H]1C(=O)CCN2c1ccccc1. The molecular formula is C16H21NO. The minimum Gasteiger partial charge on any atom is -0.367 e. The Morgan fingerprint density at radius 2 is 1.94 bits per heavy atom. The van der Waals surface area contributed by atoms with Crippen molar-refractivity contribution in [2.75, 3.05) is 11.4 Å². The van der Waals surface area contributed by atoms with Gasteiger partial charge in [0.2, 0.25) is 0 Å². The van der Waals surface area contributed by atoms with Gasteiger partial charge in [0, 0.05) is 30.6 Å². The third kappa shape index (κ3) is 1.94. The molecule has 0 aromatic heterocycles. The lowest BCUT2D eigenvalue weighted by Gasteiger charge is -2.47. The minimum absolute atomic E-state index is 0.271. The molecule has 1 heterocycles. The van der Waals surface area contributed by atoms with Gasteiger partial charge in [-0.25, -0.2) is 0 Å². The second kappa shape index (κ2) is 4.75. The molecule has 1 aromatic carbocycles. The Morgan fingerprint density at radius 1 is 1.17 bits per heavy atom. The van der Waals surface area contributed by atoms with Gasteiger partial charge in [-0.05, 0) is 30.9 Å². The van der Waals surface area contributed by atoms with E-state index >= 15 is 0 Å². The maximum atomic E-state index is 12.2. The lowest BCUT2D eigenvalue weighted by molar-refractivity contribution is -0.127. The molecule has 18 heavy (non-hydrogen) atoms. The maximum Gasteiger partial charge on any atom is 0.140 e. The predicted octanol–water partition coefficient (Wildman–Crippen LogP) is 3.27. The first-order valence-electron chi connectivity index (χ1n) is 7.12. The molecule has 1 aliphatic carbocycles. The van der Waals surface area contributed by atoms with E-state index in [2.05, 4.69) is 42.2 Å². The lowest BCUT2D eigenvalue weighted by Crippen LogP contribution is -2.53. The average molecular weight is 243 g/mol. The summed E-state index contributed by atoms with van der Waals surface area (Å²) >= 11 is 0. The van der Waals surface area contributed by atoms with E-state index in [9.17, 15) is 4.79 Å². The van der Waals surface area contributed by atoms with Crippen LogP contribution < -0.4 is 4.90 Å². The fraction of sp³-hybridized carbons (Fsp3) is 0.562. The van der Waals surface area contributed by atoms with Crippen molar-refractivity contribution in [1.29, 1.82) is 0 Å². The smallest absolute Gasteiger partial charge is 0.140 e. The third-order valence-corrected chi connectivity index (χ3v) is 4.65. The van der Waals surface area contributed by atoms with E-state index in [0.29, 0.717) is 17.7 Å². The van der Waals surface area contributed by atoms with E-state index in [4.69, 9.17) is 0 Å². The molecule has 1 saturated heterocycles. The topological polar surface area (TPSA) is 20.3 Å². The Hall–Kier alpha value is -1.31. The monoisotopic (exact) mass is 243 g/mol. The number of benzene rings is 1. The molecule has 0 N–H and O–H groups in total. The van der Waals surface area contributed by atoms with Crippen LogP contribution >= 0.6 is 0 Å². The summed E-state index contributed by atoms with van der Waals surface area (Å²) in [5, 5.41) is 0. The normalized spacial score (nSPS) is 32.2. The number of carbonyl (C=O) groups excluding carboxylic acids is 1. The number of fused-ring (bicyclic) bond motifs is 1. The zero-order chi connectivity index (χ0) is 12.5. The van der Waals surface area contributed by atoms with E-state index in [-0.39, 0.29) is 5.92 Å². The second-order valence-corrected chi connectivity index (χ2v) is 5.75. The van der Waals surface area contributed by atoms with Crippen LogP contribution in [0.15, 0.2) is 30.3 Å². The van der Waals surface area contributed by atoms with Gasteiger partial charge >= 0.3 is 0 Å². The number of anilines is 1. The molecule has 2 fully saturated rings. The molecule has 1 saturated carbocycles. The summed E-state index contributed by atoms with van der Waals surface area (Å²) in [6, 6.07) is 11.0. The summed E-state index contributed by atoms with van der Waals surface area (Å²) in [5.74, 6) is 1.33. The van der Waals surface area contributed by atoms with Crippen LogP contribution in [-0.4, -0.2) is 18.4 Å². The van der Waals surface area contributed by atoms with Crippen LogP contribution in [0.2, 0.25) is 0 Å². The molecule has 0 unspecified atom stereocenters. The van der Waals surface area contributed by atoms with Crippen LogP contribution in [0, 0.1) is 11.8 Å².